The molecule has 2 N–H and O–H groups in total. The van der Waals surface area contributed by atoms with Gasteiger partial charge >= 0.3 is 0 Å². The maximum atomic E-state index is 13.5. The molecule has 2 rings (SSSR count). The van der Waals surface area contributed by atoms with Crippen LogP contribution in [-0.2, 0) is 0 Å². The largest absolute Gasteiger partial charge is 0.347 e. The number of hydrogen-bond donors (Lipinski definition) is 2. The summed E-state index contributed by atoms with van der Waals surface area (Å²) in [5.74, 6) is -2.75. The van der Waals surface area contributed by atoms with Gasteiger partial charge in [0, 0.05) is 24.4 Å². The van der Waals surface area contributed by atoms with Crippen LogP contribution in [0.25, 0.3) is 0 Å². The minimum atomic E-state index is -0.892. The summed E-state index contributed by atoms with van der Waals surface area (Å²) in [6.45, 7) is 3.73. The molecule has 2 amide bonds. The van der Waals surface area contributed by atoms with Crippen molar-refractivity contribution in [2.75, 3.05) is 11.9 Å². The molecule has 0 saturated heterocycles. The maximum absolute atomic E-state index is 13.5. The lowest BCUT2D eigenvalue weighted by Gasteiger charge is -2.07. The molecule has 0 saturated carbocycles. The first-order valence-corrected chi connectivity index (χ1v) is 6.63. The van der Waals surface area contributed by atoms with Gasteiger partial charge in [-0.3, -0.25) is 14.6 Å². The highest BCUT2D eigenvalue weighted by Gasteiger charge is 2.13. The molecule has 0 spiro atoms. The van der Waals surface area contributed by atoms with Crippen LogP contribution in [0.3, 0.4) is 0 Å². The summed E-state index contributed by atoms with van der Waals surface area (Å²) in [5, 5.41) is 4.83. The molecule has 7 heteroatoms. The van der Waals surface area contributed by atoms with E-state index < -0.39 is 23.4 Å². The Labute approximate surface area is 131 Å². The summed E-state index contributed by atoms with van der Waals surface area (Å²) < 4.78 is 26.4. The number of nitrogens with one attached hydrogen (secondary N) is 2. The maximum Gasteiger partial charge on any atom is 0.270 e. The number of benzene rings is 1. The standard InChI is InChI=1S/C16H13F2N3O2/c1-2-6-20-16(23)14-8-10(5-7-19-14)15(22)21-13-4-3-11(17)9-12(13)18/h2-5,7-9H,1,6H2,(H,20,23)(H,21,22). The molecule has 0 unspecified atom stereocenters. The number of amides is 2. The number of carbonyl (C=O) groups is 2. The SMILES string of the molecule is C=CCNC(=O)c1cc(C(=O)Nc2ccc(F)cc2F)ccn1. The third kappa shape index (κ3) is 4.19. The van der Waals surface area contributed by atoms with Gasteiger partial charge in [0.25, 0.3) is 11.8 Å². The molecule has 1 aromatic carbocycles. The third-order valence-electron chi connectivity index (χ3n) is 2.84. The van der Waals surface area contributed by atoms with Crippen molar-refractivity contribution in [2.24, 2.45) is 0 Å². The molecular weight excluding hydrogens is 304 g/mol. The quantitative estimate of drug-likeness (QED) is 0.833. The fraction of sp³-hybridized carbons (Fsp3) is 0.0625. The van der Waals surface area contributed by atoms with E-state index in [-0.39, 0.29) is 23.5 Å². The van der Waals surface area contributed by atoms with Crippen LogP contribution in [0.1, 0.15) is 20.8 Å². The summed E-state index contributed by atoms with van der Waals surface area (Å²) in [7, 11) is 0. The topological polar surface area (TPSA) is 71.1 Å². The number of aromatic nitrogens is 1. The van der Waals surface area contributed by atoms with Crippen LogP contribution in [0.15, 0.2) is 49.2 Å². The van der Waals surface area contributed by atoms with E-state index in [0.29, 0.717) is 6.07 Å². The van der Waals surface area contributed by atoms with Gasteiger partial charge < -0.3 is 10.6 Å². The molecule has 0 aliphatic rings. The van der Waals surface area contributed by atoms with Crippen LogP contribution in [0.2, 0.25) is 0 Å². The second-order valence-electron chi connectivity index (χ2n) is 4.51. The summed E-state index contributed by atoms with van der Waals surface area (Å²) in [4.78, 5) is 27.7. The minimum Gasteiger partial charge on any atom is -0.347 e. The Kier molecular flexibility index (Phi) is 5.14. The lowest BCUT2D eigenvalue weighted by atomic mass is 10.2. The average molecular weight is 317 g/mol. The lowest BCUT2D eigenvalue weighted by molar-refractivity contribution is 0.0953. The Morgan fingerprint density at radius 1 is 1.17 bits per heavy atom. The van der Waals surface area contributed by atoms with Crippen molar-refractivity contribution in [3.05, 3.63) is 72.1 Å². The van der Waals surface area contributed by atoms with Crippen LogP contribution >= 0.6 is 0 Å². The Bertz CT molecular complexity index is 763. The van der Waals surface area contributed by atoms with Crippen molar-refractivity contribution in [3.8, 4) is 0 Å². The molecule has 23 heavy (non-hydrogen) atoms. The minimum absolute atomic E-state index is 0.0408. The highest BCUT2D eigenvalue weighted by molar-refractivity contribution is 6.05. The van der Waals surface area contributed by atoms with Gasteiger partial charge in [0.1, 0.15) is 17.3 Å². The number of anilines is 1. The monoisotopic (exact) mass is 317 g/mol. The zero-order valence-electron chi connectivity index (χ0n) is 12.0. The summed E-state index contributed by atoms with van der Waals surface area (Å²) >= 11 is 0. The lowest BCUT2D eigenvalue weighted by Crippen LogP contribution is -2.24. The Morgan fingerprint density at radius 3 is 2.65 bits per heavy atom. The van der Waals surface area contributed by atoms with Crippen LogP contribution in [0, 0.1) is 11.6 Å². The molecule has 2 aromatic rings. The number of hydrogen-bond acceptors (Lipinski definition) is 3. The molecule has 1 aromatic heterocycles. The molecule has 0 bridgehead atoms. The van der Waals surface area contributed by atoms with Gasteiger partial charge in [-0.2, -0.15) is 0 Å². The molecule has 0 atom stereocenters. The Hall–Kier alpha value is -3.09. The number of halogens is 2. The molecule has 1 heterocycles. The van der Waals surface area contributed by atoms with E-state index in [2.05, 4.69) is 22.2 Å². The normalized spacial score (nSPS) is 10.0. The van der Waals surface area contributed by atoms with Crippen LogP contribution in [0.4, 0.5) is 14.5 Å². The molecule has 0 aliphatic carbocycles. The van der Waals surface area contributed by atoms with E-state index in [1.54, 1.807) is 0 Å². The highest BCUT2D eigenvalue weighted by atomic mass is 19.1. The van der Waals surface area contributed by atoms with Gasteiger partial charge in [-0.05, 0) is 24.3 Å². The smallest absolute Gasteiger partial charge is 0.270 e. The van der Waals surface area contributed by atoms with Crippen LogP contribution in [0.5, 0.6) is 0 Å². The zero-order valence-corrected chi connectivity index (χ0v) is 12.0. The molecule has 5 nitrogen and oxygen atoms in total. The van der Waals surface area contributed by atoms with Gasteiger partial charge in [0.2, 0.25) is 0 Å². The van der Waals surface area contributed by atoms with Gasteiger partial charge in [-0.1, -0.05) is 6.08 Å². The predicted octanol–water partition coefficient (Wildman–Crippen LogP) is 2.53. The zero-order chi connectivity index (χ0) is 16.8. The second kappa shape index (κ2) is 7.26. The van der Waals surface area contributed by atoms with Gasteiger partial charge in [0.05, 0.1) is 5.69 Å². The summed E-state index contributed by atoms with van der Waals surface area (Å²) in [5.41, 5.74) is -0.00238. The van der Waals surface area contributed by atoms with Crippen LogP contribution in [-0.4, -0.2) is 23.3 Å². The fourth-order valence-corrected chi connectivity index (χ4v) is 1.74. The summed E-state index contributed by atoms with van der Waals surface area (Å²) in [6.07, 6.45) is 2.80. The van der Waals surface area contributed by atoms with E-state index in [1.807, 2.05) is 0 Å². The number of carbonyl (C=O) groups excluding carboxylic acids is 2. The predicted molar refractivity (Wildman–Crippen MR) is 81.1 cm³/mol. The first kappa shape index (κ1) is 16.3. The van der Waals surface area contributed by atoms with Crippen LogP contribution < -0.4 is 10.6 Å². The molecule has 0 fully saturated rings. The van der Waals surface area contributed by atoms with E-state index in [0.717, 1.165) is 12.1 Å². The summed E-state index contributed by atoms with van der Waals surface area (Å²) in [6, 6.07) is 5.45. The van der Waals surface area contributed by atoms with Crippen molar-refractivity contribution in [3.63, 3.8) is 0 Å². The molecule has 118 valence electrons. The van der Waals surface area contributed by atoms with E-state index in [9.17, 15) is 18.4 Å². The van der Waals surface area contributed by atoms with E-state index >= 15 is 0 Å². The molecule has 0 radical (unpaired) electrons. The van der Waals surface area contributed by atoms with Crippen molar-refractivity contribution in [1.82, 2.24) is 10.3 Å². The number of pyridine rings is 1. The average Bonchev–Trinajstić information content (AvgIpc) is 2.55. The highest BCUT2D eigenvalue weighted by Crippen LogP contribution is 2.16. The van der Waals surface area contributed by atoms with Crippen molar-refractivity contribution >= 4 is 17.5 Å². The third-order valence-corrected chi connectivity index (χ3v) is 2.84. The Balaban J connectivity index is 2.16. The van der Waals surface area contributed by atoms with Gasteiger partial charge in [-0.25, -0.2) is 8.78 Å². The van der Waals surface area contributed by atoms with E-state index in [4.69, 9.17) is 0 Å². The molecular formula is C16H13F2N3O2. The number of rotatable bonds is 5. The Morgan fingerprint density at radius 2 is 1.96 bits per heavy atom. The second-order valence-corrected chi connectivity index (χ2v) is 4.51. The van der Waals surface area contributed by atoms with Crippen molar-refractivity contribution in [2.45, 2.75) is 0 Å². The van der Waals surface area contributed by atoms with Gasteiger partial charge in [-0.15, -0.1) is 6.58 Å². The molecule has 0 aliphatic heterocycles. The first-order chi connectivity index (χ1) is 11.0. The first-order valence-electron chi connectivity index (χ1n) is 6.63. The van der Waals surface area contributed by atoms with Gasteiger partial charge in [0.15, 0.2) is 0 Å². The number of nitrogens with zero attached hydrogens (tertiary/aromatic N) is 1. The fourth-order valence-electron chi connectivity index (χ4n) is 1.74. The van der Waals surface area contributed by atoms with E-state index in [1.165, 1.54) is 24.4 Å². The van der Waals surface area contributed by atoms with Crippen molar-refractivity contribution < 1.29 is 18.4 Å². The van der Waals surface area contributed by atoms with Crippen molar-refractivity contribution in [1.29, 1.82) is 0 Å².